The lowest BCUT2D eigenvalue weighted by Crippen LogP contribution is -2.48. The molecule has 2 N–H and O–H groups in total. The molecule has 1 heterocycles. The molecular weight excluding hydrogens is 394 g/mol. The quantitative estimate of drug-likeness (QED) is 0.325. The summed E-state index contributed by atoms with van der Waals surface area (Å²) < 4.78 is 0. The molecule has 7 nitrogen and oxygen atoms in total. The lowest BCUT2D eigenvalue weighted by atomic mass is 10.1. The van der Waals surface area contributed by atoms with Crippen LogP contribution in [0.2, 0.25) is 0 Å². The predicted octanol–water partition coefficient (Wildman–Crippen LogP) is 2.77. The van der Waals surface area contributed by atoms with Crippen LogP contribution in [0.1, 0.15) is 28.4 Å². The Kier molecular flexibility index (Phi) is 7.35. The number of piperazine rings is 1. The monoisotopic (exact) mass is 419 g/mol. The van der Waals surface area contributed by atoms with Gasteiger partial charge in [0.25, 0.3) is 5.91 Å². The van der Waals surface area contributed by atoms with Crippen molar-refractivity contribution in [1.82, 2.24) is 10.4 Å². The van der Waals surface area contributed by atoms with E-state index in [4.69, 9.17) is 5.21 Å². The van der Waals surface area contributed by atoms with E-state index in [1.54, 1.807) is 25.1 Å². The average Bonchev–Trinajstić information content (AvgIpc) is 2.81. The van der Waals surface area contributed by atoms with E-state index in [0.29, 0.717) is 18.7 Å². The molecular formula is C24H25N3O4. The van der Waals surface area contributed by atoms with Crippen LogP contribution in [0.5, 0.6) is 0 Å². The molecule has 1 aliphatic rings. The number of nitrogens with one attached hydrogen (secondary N) is 1. The molecule has 2 aromatic rings. The third kappa shape index (κ3) is 6.13. The molecule has 0 atom stereocenters. The molecule has 2 aromatic carbocycles. The number of rotatable bonds is 6. The average molecular weight is 419 g/mol. The predicted molar refractivity (Wildman–Crippen MR) is 120 cm³/mol. The molecule has 3 rings (SSSR count). The highest BCUT2D eigenvalue weighted by Crippen LogP contribution is 2.19. The first-order valence-electron chi connectivity index (χ1n) is 10.0. The molecule has 0 saturated carbocycles. The van der Waals surface area contributed by atoms with Gasteiger partial charge in [0.1, 0.15) is 0 Å². The first-order chi connectivity index (χ1) is 15.0. The molecule has 0 unspecified atom stereocenters. The molecule has 2 amide bonds. The van der Waals surface area contributed by atoms with Gasteiger partial charge in [-0.3, -0.25) is 19.6 Å². The van der Waals surface area contributed by atoms with E-state index in [2.05, 4.69) is 4.90 Å². The van der Waals surface area contributed by atoms with Crippen LogP contribution in [0.25, 0.3) is 12.2 Å². The summed E-state index contributed by atoms with van der Waals surface area (Å²) >= 11 is 0. The van der Waals surface area contributed by atoms with Gasteiger partial charge in [-0.25, -0.2) is 5.48 Å². The van der Waals surface area contributed by atoms with Gasteiger partial charge in [0.15, 0.2) is 5.78 Å². The third-order valence-corrected chi connectivity index (χ3v) is 5.10. The van der Waals surface area contributed by atoms with E-state index in [9.17, 15) is 14.4 Å². The Bertz CT molecular complexity index is 1020. The Morgan fingerprint density at radius 3 is 2.19 bits per heavy atom. The molecule has 0 aromatic heterocycles. The van der Waals surface area contributed by atoms with Crippen molar-refractivity contribution in [2.75, 3.05) is 31.1 Å². The maximum Gasteiger partial charge on any atom is 0.267 e. The number of amides is 2. The minimum absolute atomic E-state index is 0.0879. The SMILES string of the molecule is CC(=O)N1CCN(c2cccc(C(=O)/C=C/c3cccc(/C=C/C(=O)NO)c3)c2)CC1. The summed E-state index contributed by atoms with van der Waals surface area (Å²) in [6.45, 7) is 4.42. The summed E-state index contributed by atoms with van der Waals surface area (Å²) in [7, 11) is 0. The lowest BCUT2D eigenvalue weighted by Gasteiger charge is -2.35. The first kappa shape index (κ1) is 22.0. The molecule has 160 valence electrons. The van der Waals surface area contributed by atoms with Crippen molar-refractivity contribution in [3.63, 3.8) is 0 Å². The van der Waals surface area contributed by atoms with Gasteiger partial charge in [-0.1, -0.05) is 36.4 Å². The number of nitrogens with zero attached hydrogens (tertiary/aromatic N) is 2. The first-order valence-corrected chi connectivity index (χ1v) is 10.0. The molecule has 0 aliphatic carbocycles. The van der Waals surface area contributed by atoms with E-state index in [0.717, 1.165) is 29.9 Å². The van der Waals surface area contributed by atoms with Gasteiger partial charge in [-0.2, -0.15) is 0 Å². The van der Waals surface area contributed by atoms with Crippen LogP contribution in [0.4, 0.5) is 5.69 Å². The number of anilines is 1. The zero-order valence-corrected chi connectivity index (χ0v) is 17.3. The molecule has 0 radical (unpaired) electrons. The second kappa shape index (κ2) is 10.4. The van der Waals surface area contributed by atoms with E-state index in [1.165, 1.54) is 17.6 Å². The van der Waals surface area contributed by atoms with Crippen LogP contribution in [0.15, 0.2) is 60.7 Å². The van der Waals surface area contributed by atoms with Gasteiger partial charge in [0.2, 0.25) is 5.91 Å². The highest BCUT2D eigenvalue weighted by Gasteiger charge is 2.19. The zero-order chi connectivity index (χ0) is 22.2. The van der Waals surface area contributed by atoms with Crippen molar-refractivity contribution in [3.8, 4) is 0 Å². The largest absolute Gasteiger partial charge is 0.368 e. The maximum absolute atomic E-state index is 12.7. The van der Waals surface area contributed by atoms with Crippen LogP contribution in [0.3, 0.4) is 0 Å². The van der Waals surface area contributed by atoms with Crippen LogP contribution < -0.4 is 10.4 Å². The summed E-state index contributed by atoms with van der Waals surface area (Å²) in [5, 5.41) is 8.54. The minimum Gasteiger partial charge on any atom is -0.368 e. The summed E-state index contributed by atoms with van der Waals surface area (Å²) in [5.74, 6) is -0.631. The van der Waals surface area contributed by atoms with Crippen molar-refractivity contribution >= 4 is 35.4 Å². The highest BCUT2D eigenvalue weighted by molar-refractivity contribution is 6.07. The van der Waals surface area contributed by atoms with E-state index in [-0.39, 0.29) is 11.7 Å². The fraction of sp³-hybridized carbons (Fsp3) is 0.208. The Morgan fingerprint density at radius 2 is 1.55 bits per heavy atom. The lowest BCUT2D eigenvalue weighted by molar-refractivity contribution is -0.129. The van der Waals surface area contributed by atoms with Crippen molar-refractivity contribution in [1.29, 1.82) is 0 Å². The third-order valence-electron chi connectivity index (χ3n) is 5.10. The number of allylic oxidation sites excluding steroid dienone is 1. The number of hydrogen-bond donors (Lipinski definition) is 2. The molecule has 0 spiro atoms. The van der Waals surface area contributed by atoms with E-state index >= 15 is 0 Å². The van der Waals surface area contributed by atoms with Gasteiger partial charge in [0, 0.05) is 50.4 Å². The summed E-state index contributed by atoms with van der Waals surface area (Å²) in [6.07, 6.45) is 6.04. The number of carbonyl (C=O) groups is 3. The Labute approximate surface area is 181 Å². The van der Waals surface area contributed by atoms with Crippen LogP contribution in [-0.2, 0) is 9.59 Å². The molecule has 1 fully saturated rings. The topological polar surface area (TPSA) is 90.0 Å². The molecule has 1 saturated heterocycles. The Balaban J connectivity index is 1.67. The van der Waals surface area contributed by atoms with E-state index < -0.39 is 5.91 Å². The number of hydrogen-bond acceptors (Lipinski definition) is 5. The number of hydroxylamine groups is 1. The van der Waals surface area contributed by atoms with Gasteiger partial charge >= 0.3 is 0 Å². The number of ketones is 1. The Morgan fingerprint density at radius 1 is 0.903 bits per heavy atom. The highest BCUT2D eigenvalue weighted by atomic mass is 16.5. The fourth-order valence-electron chi connectivity index (χ4n) is 3.38. The van der Waals surface area contributed by atoms with Crippen molar-refractivity contribution in [2.45, 2.75) is 6.92 Å². The maximum atomic E-state index is 12.7. The number of carbonyl (C=O) groups excluding carboxylic acids is 3. The summed E-state index contributed by atoms with van der Waals surface area (Å²) in [4.78, 5) is 39.3. The smallest absolute Gasteiger partial charge is 0.267 e. The van der Waals surface area contributed by atoms with Gasteiger partial charge in [-0.15, -0.1) is 0 Å². The van der Waals surface area contributed by atoms with Crippen LogP contribution in [-0.4, -0.2) is 53.9 Å². The van der Waals surface area contributed by atoms with Gasteiger partial charge < -0.3 is 9.80 Å². The standard InChI is InChI=1S/C24H25N3O4/c1-18(28)26-12-14-27(15-13-26)22-7-3-6-21(17-22)23(29)10-8-19-4-2-5-20(16-19)9-11-24(30)25-31/h2-11,16-17,31H,12-15H2,1H3,(H,25,30)/b10-8+,11-9+. The fourth-order valence-corrected chi connectivity index (χ4v) is 3.38. The molecule has 1 aliphatic heterocycles. The molecule has 31 heavy (non-hydrogen) atoms. The van der Waals surface area contributed by atoms with Gasteiger partial charge in [0.05, 0.1) is 0 Å². The van der Waals surface area contributed by atoms with Crippen LogP contribution >= 0.6 is 0 Å². The number of benzene rings is 2. The molecule has 7 heteroatoms. The van der Waals surface area contributed by atoms with Crippen molar-refractivity contribution in [3.05, 3.63) is 77.4 Å². The van der Waals surface area contributed by atoms with Crippen LogP contribution in [0, 0.1) is 0 Å². The normalized spacial score (nSPS) is 14.3. The van der Waals surface area contributed by atoms with Crippen molar-refractivity contribution in [2.24, 2.45) is 0 Å². The van der Waals surface area contributed by atoms with Gasteiger partial charge in [-0.05, 0) is 41.5 Å². The zero-order valence-electron chi connectivity index (χ0n) is 17.3. The second-order valence-electron chi connectivity index (χ2n) is 7.22. The minimum atomic E-state index is -0.612. The summed E-state index contributed by atoms with van der Waals surface area (Å²) in [6, 6.07) is 14.8. The van der Waals surface area contributed by atoms with Crippen molar-refractivity contribution < 1.29 is 19.6 Å². The summed E-state index contributed by atoms with van der Waals surface area (Å²) in [5.41, 5.74) is 4.69. The second-order valence-corrected chi connectivity index (χ2v) is 7.22. The van der Waals surface area contributed by atoms with E-state index in [1.807, 2.05) is 47.4 Å². The Hall–Kier alpha value is -3.71. The molecule has 0 bridgehead atoms.